The van der Waals surface area contributed by atoms with Gasteiger partial charge in [-0.2, -0.15) is 0 Å². The molecule has 4 rings (SSSR count). The van der Waals surface area contributed by atoms with Crippen LogP contribution >= 0.6 is 23.2 Å². The smallest absolute Gasteiger partial charge is 0.157 e. The summed E-state index contributed by atoms with van der Waals surface area (Å²) in [6.07, 6.45) is 1.93. The number of fused-ring (bicyclic) bond motifs is 3. The van der Waals surface area contributed by atoms with Crippen LogP contribution in [-0.2, 0) is 6.42 Å². The highest BCUT2D eigenvalue weighted by Gasteiger charge is 2.13. The molecule has 2 heterocycles. The molecule has 0 atom stereocenters. The second-order valence-electron chi connectivity index (χ2n) is 5.89. The van der Waals surface area contributed by atoms with Crippen LogP contribution in [0, 0.1) is 0 Å². The topological polar surface area (TPSA) is 53.6 Å². The molecular formula is C19H16Cl2N4. The second kappa shape index (κ2) is 6.54. The number of hydrogen-bond donors (Lipinski definition) is 2. The van der Waals surface area contributed by atoms with Crippen LogP contribution in [-0.4, -0.2) is 15.0 Å². The van der Waals surface area contributed by atoms with Crippen molar-refractivity contribution in [3.63, 3.8) is 0 Å². The number of aromatic nitrogens is 3. The van der Waals surface area contributed by atoms with Gasteiger partial charge in [0.15, 0.2) is 5.82 Å². The summed E-state index contributed by atoms with van der Waals surface area (Å²) in [6.45, 7) is 2.14. The highest BCUT2D eigenvalue weighted by atomic mass is 35.5. The first kappa shape index (κ1) is 16.2. The van der Waals surface area contributed by atoms with Crippen molar-refractivity contribution in [1.82, 2.24) is 15.0 Å². The van der Waals surface area contributed by atoms with Crippen molar-refractivity contribution < 1.29 is 0 Å². The number of nitrogens with one attached hydrogen (secondary N) is 2. The van der Waals surface area contributed by atoms with Gasteiger partial charge in [0.1, 0.15) is 16.9 Å². The molecule has 2 aromatic carbocycles. The summed E-state index contributed by atoms with van der Waals surface area (Å²) < 4.78 is 0. The maximum atomic E-state index is 6.13. The molecule has 0 amide bonds. The maximum Gasteiger partial charge on any atom is 0.157 e. The van der Waals surface area contributed by atoms with Crippen LogP contribution in [0.2, 0.25) is 10.0 Å². The van der Waals surface area contributed by atoms with Gasteiger partial charge in [-0.1, -0.05) is 48.3 Å². The minimum absolute atomic E-state index is 0.500. The number of halogens is 2. The lowest BCUT2D eigenvalue weighted by molar-refractivity contribution is 0.862. The molecule has 0 aliphatic rings. The molecule has 0 saturated carbocycles. The first-order valence-electron chi connectivity index (χ1n) is 8.15. The summed E-state index contributed by atoms with van der Waals surface area (Å²) in [4.78, 5) is 13.0. The molecule has 4 nitrogen and oxygen atoms in total. The van der Waals surface area contributed by atoms with E-state index in [1.807, 2.05) is 30.3 Å². The monoisotopic (exact) mass is 370 g/mol. The van der Waals surface area contributed by atoms with Crippen LogP contribution in [0.5, 0.6) is 0 Å². The van der Waals surface area contributed by atoms with Gasteiger partial charge in [0.2, 0.25) is 0 Å². The molecular weight excluding hydrogens is 355 g/mol. The van der Waals surface area contributed by atoms with E-state index < -0.39 is 0 Å². The van der Waals surface area contributed by atoms with Crippen molar-refractivity contribution in [2.75, 3.05) is 5.32 Å². The van der Waals surface area contributed by atoms with E-state index in [9.17, 15) is 0 Å². The molecule has 0 spiro atoms. The molecule has 0 unspecified atom stereocenters. The maximum absolute atomic E-state index is 6.13. The minimum Gasteiger partial charge on any atom is -0.339 e. The van der Waals surface area contributed by atoms with E-state index >= 15 is 0 Å². The first-order chi connectivity index (χ1) is 12.2. The summed E-state index contributed by atoms with van der Waals surface area (Å²) in [7, 11) is 0. The zero-order chi connectivity index (χ0) is 17.4. The normalized spacial score (nSPS) is 11.3. The highest BCUT2D eigenvalue weighted by Crippen LogP contribution is 2.31. The second-order valence-corrected chi connectivity index (χ2v) is 6.70. The third kappa shape index (κ3) is 3.03. The van der Waals surface area contributed by atoms with Crippen LogP contribution in [0.4, 0.5) is 11.5 Å². The van der Waals surface area contributed by atoms with Gasteiger partial charge in [-0.05, 0) is 30.7 Å². The van der Waals surface area contributed by atoms with Gasteiger partial charge in [-0.25, -0.2) is 9.97 Å². The van der Waals surface area contributed by atoms with E-state index in [1.165, 1.54) is 0 Å². The van der Waals surface area contributed by atoms with Gasteiger partial charge >= 0.3 is 0 Å². The quantitative estimate of drug-likeness (QED) is 0.455. The van der Waals surface area contributed by atoms with Crippen LogP contribution in [0.1, 0.15) is 19.2 Å². The van der Waals surface area contributed by atoms with E-state index in [0.717, 1.165) is 52.1 Å². The molecule has 0 aliphatic carbocycles. The average Bonchev–Trinajstić information content (AvgIpc) is 3.03. The van der Waals surface area contributed by atoms with Crippen LogP contribution in [0.25, 0.3) is 21.9 Å². The molecule has 6 heteroatoms. The Morgan fingerprint density at radius 3 is 2.68 bits per heavy atom. The number of H-pyrrole nitrogens is 1. The van der Waals surface area contributed by atoms with Crippen molar-refractivity contribution in [3.05, 3.63) is 58.3 Å². The molecule has 0 saturated heterocycles. The van der Waals surface area contributed by atoms with Gasteiger partial charge in [0.25, 0.3) is 0 Å². The summed E-state index contributed by atoms with van der Waals surface area (Å²) in [5.74, 6) is 1.69. The molecule has 0 bridgehead atoms. The predicted octanol–water partition coefficient (Wildman–Crippen LogP) is 6.11. The Morgan fingerprint density at radius 2 is 1.88 bits per heavy atom. The number of benzene rings is 2. The van der Waals surface area contributed by atoms with Crippen molar-refractivity contribution in [2.24, 2.45) is 0 Å². The van der Waals surface area contributed by atoms with Gasteiger partial charge < -0.3 is 10.3 Å². The number of pyridine rings is 1. The Labute approximate surface area is 155 Å². The van der Waals surface area contributed by atoms with Crippen LogP contribution < -0.4 is 5.32 Å². The molecule has 2 aromatic heterocycles. The Balaban J connectivity index is 1.89. The van der Waals surface area contributed by atoms with Gasteiger partial charge in [0.05, 0.1) is 15.6 Å². The van der Waals surface area contributed by atoms with E-state index in [0.29, 0.717) is 10.0 Å². The Bertz CT molecular complexity index is 1070. The van der Waals surface area contributed by atoms with Crippen molar-refractivity contribution >= 4 is 56.6 Å². The fourth-order valence-electron chi connectivity index (χ4n) is 2.89. The van der Waals surface area contributed by atoms with Crippen LogP contribution in [0.3, 0.4) is 0 Å². The summed E-state index contributed by atoms with van der Waals surface area (Å²) in [5.41, 5.74) is 3.54. The van der Waals surface area contributed by atoms with Crippen molar-refractivity contribution in [2.45, 2.75) is 19.8 Å². The van der Waals surface area contributed by atoms with E-state index in [-0.39, 0.29) is 0 Å². The molecule has 0 radical (unpaired) electrons. The van der Waals surface area contributed by atoms with Gasteiger partial charge in [0, 0.05) is 17.5 Å². The van der Waals surface area contributed by atoms with Gasteiger partial charge in [-0.3, -0.25) is 0 Å². The average molecular weight is 371 g/mol. The molecule has 4 aromatic rings. The van der Waals surface area contributed by atoms with Crippen molar-refractivity contribution in [1.29, 1.82) is 0 Å². The third-order valence-electron chi connectivity index (χ3n) is 4.05. The van der Waals surface area contributed by atoms with Crippen molar-refractivity contribution in [3.8, 4) is 0 Å². The lowest BCUT2D eigenvalue weighted by Gasteiger charge is -2.09. The number of para-hydroxylation sites is 1. The Morgan fingerprint density at radius 1 is 1.04 bits per heavy atom. The van der Waals surface area contributed by atoms with Gasteiger partial charge in [-0.15, -0.1) is 0 Å². The zero-order valence-corrected chi connectivity index (χ0v) is 15.1. The fourth-order valence-corrected chi connectivity index (χ4v) is 3.19. The van der Waals surface area contributed by atoms with E-state index in [2.05, 4.69) is 17.2 Å². The Hall–Kier alpha value is -2.30. The minimum atomic E-state index is 0.500. The number of anilines is 2. The molecule has 0 fully saturated rings. The number of nitrogens with zero attached hydrogens (tertiary/aromatic N) is 2. The van der Waals surface area contributed by atoms with Crippen LogP contribution in [0.15, 0.2) is 42.5 Å². The largest absolute Gasteiger partial charge is 0.339 e. The molecule has 2 N–H and O–H groups in total. The number of aromatic amines is 1. The standard InChI is InChI=1S/C19H16Cl2N4/c1-2-5-16-24-17-12-6-3-4-7-15(12)23-19(18(17)25-16)22-11-8-9-13(20)14(21)10-11/h3-4,6-10H,2,5H2,1H3,(H,22,23)(H,24,25). The number of aryl methyl sites for hydroxylation is 1. The summed E-state index contributed by atoms with van der Waals surface area (Å²) >= 11 is 12.1. The highest BCUT2D eigenvalue weighted by molar-refractivity contribution is 6.42. The molecule has 126 valence electrons. The molecule has 0 aliphatic heterocycles. The number of hydrogen-bond acceptors (Lipinski definition) is 3. The first-order valence-corrected chi connectivity index (χ1v) is 8.90. The fraction of sp³-hybridized carbons (Fsp3) is 0.158. The Kier molecular flexibility index (Phi) is 4.24. The lowest BCUT2D eigenvalue weighted by Crippen LogP contribution is -1.96. The predicted molar refractivity (Wildman–Crippen MR) is 105 cm³/mol. The number of imidazole rings is 1. The van der Waals surface area contributed by atoms with E-state index in [1.54, 1.807) is 12.1 Å². The third-order valence-corrected chi connectivity index (χ3v) is 4.79. The number of rotatable bonds is 4. The molecule has 25 heavy (non-hydrogen) atoms. The summed E-state index contributed by atoms with van der Waals surface area (Å²) in [6, 6.07) is 13.4. The summed E-state index contributed by atoms with van der Waals surface area (Å²) in [5, 5.41) is 5.40. The lowest BCUT2D eigenvalue weighted by atomic mass is 10.2. The van der Waals surface area contributed by atoms with E-state index in [4.69, 9.17) is 33.2 Å². The SMILES string of the molecule is CCCc1nc2c([nH]1)c(Nc1ccc(Cl)c(Cl)c1)nc1ccccc12. The zero-order valence-electron chi connectivity index (χ0n) is 13.6.